The quantitative estimate of drug-likeness (QED) is 0.893. The van der Waals surface area contributed by atoms with Crippen LogP contribution < -0.4 is 10.1 Å². The van der Waals surface area contributed by atoms with Crippen LogP contribution in [-0.4, -0.2) is 42.3 Å². The number of urea groups is 1. The fourth-order valence-electron chi connectivity index (χ4n) is 2.65. The molecule has 1 aliphatic carbocycles. The maximum Gasteiger partial charge on any atom is 0.322 e. The lowest BCUT2D eigenvalue weighted by Crippen LogP contribution is -2.47. The summed E-state index contributed by atoms with van der Waals surface area (Å²) < 4.78 is 5.21. The number of hydrogen-bond acceptors (Lipinski definition) is 3. The first kappa shape index (κ1) is 14.7. The Hall–Kier alpha value is -1.75. The Morgan fingerprint density at radius 2 is 2.05 bits per heavy atom. The highest BCUT2D eigenvalue weighted by atomic mass is 16.5. The van der Waals surface area contributed by atoms with Crippen molar-refractivity contribution in [3.8, 4) is 5.75 Å². The van der Waals surface area contributed by atoms with Crippen LogP contribution >= 0.6 is 0 Å². The van der Waals surface area contributed by atoms with Crippen molar-refractivity contribution in [3.63, 3.8) is 0 Å². The molecular formula is C15H22N2O3. The van der Waals surface area contributed by atoms with Crippen molar-refractivity contribution in [2.24, 2.45) is 0 Å². The number of para-hydroxylation sites is 2. The van der Waals surface area contributed by atoms with Gasteiger partial charge in [0.1, 0.15) is 5.75 Å². The predicted octanol–water partition coefficient (Wildman–Crippen LogP) is 2.46. The number of ether oxygens (including phenoxy) is 1. The van der Waals surface area contributed by atoms with Gasteiger partial charge in [-0.3, -0.25) is 0 Å². The van der Waals surface area contributed by atoms with E-state index in [2.05, 4.69) is 5.32 Å². The van der Waals surface area contributed by atoms with Gasteiger partial charge in [0, 0.05) is 7.05 Å². The first-order valence-corrected chi connectivity index (χ1v) is 6.98. The van der Waals surface area contributed by atoms with Crippen LogP contribution in [0.2, 0.25) is 0 Å². The molecule has 2 amide bonds. The van der Waals surface area contributed by atoms with Gasteiger partial charge in [0.2, 0.25) is 0 Å². The zero-order valence-electron chi connectivity index (χ0n) is 12.0. The molecule has 0 radical (unpaired) electrons. The largest absolute Gasteiger partial charge is 0.495 e. The van der Waals surface area contributed by atoms with Crippen molar-refractivity contribution in [3.05, 3.63) is 24.3 Å². The minimum Gasteiger partial charge on any atom is -0.495 e. The number of aliphatic hydroxyl groups is 1. The summed E-state index contributed by atoms with van der Waals surface area (Å²) in [6.45, 7) is 0. The Balaban J connectivity index is 2.03. The zero-order chi connectivity index (χ0) is 14.5. The topological polar surface area (TPSA) is 61.8 Å². The summed E-state index contributed by atoms with van der Waals surface area (Å²) >= 11 is 0. The van der Waals surface area contributed by atoms with Gasteiger partial charge in [0.25, 0.3) is 0 Å². The van der Waals surface area contributed by atoms with E-state index in [-0.39, 0.29) is 12.1 Å². The Kier molecular flexibility index (Phi) is 4.84. The average Bonchev–Trinajstić information content (AvgIpc) is 2.47. The minimum atomic E-state index is -0.433. The van der Waals surface area contributed by atoms with Crippen molar-refractivity contribution in [1.82, 2.24) is 4.90 Å². The molecule has 0 saturated heterocycles. The Labute approximate surface area is 119 Å². The second-order valence-electron chi connectivity index (χ2n) is 5.16. The van der Waals surface area contributed by atoms with E-state index in [1.54, 1.807) is 31.2 Å². The number of rotatable bonds is 3. The Morgan fingerprint density at radius 3 is 2.75 bits per heavy atom. The van der Waals surface area contributed by atoms with E-state index in [1.165, 1.54) is 0 Å². The summed E-state index contributed by atoms with van der Waals surface area (Å²) in [5, 5.41) is 12.8. The second-order valence-corrected chi connectivity index (χ2v) is 5.16. The molecule has 0 heterocycles. The number of hydrogen-bond donors (Lipinski definition) is 2. The van der Waals surface area contributed by atoms with Gasteiger partial charge in [-0.05, 0) is 25.0 Å². The molecular weight excluding hydrogens is 256 g/mol. The van der Waals surface area contributed by atoms with E-state index in [9.17, 15) is 9.90 Å². The first-order chi connectivity index (χ1) is 9.63. The molecule has 20 heavy (non-hydrogen) atoms. The summed E-state index contributed by atoms with van der Waals surface area (Å²) in [4.78, 5) is 13.9. The SMILES string of the molecule is COc1ccccc1NC(=O)N(C)C1CCCCC1O. The molecule has 1 saturated carbocycles. The van der Waals surface area contributed by atoms with E-state index < -0.39 is 6.10 Å². The number of carbonyl (C=O) groups excluding carboxylic acids is 1. The predicted molar refractivity (Wildman–Crippen MR) is 78.0 cm³/mol. The van der Waals surface area contributed by atoms with Gasteiger partial charge in [0.05, 0.1) is 24.9 Å². The van der Waals surface area contributed by atoms with E-state index in [0.717, 1.165) is 25.7 Å². The fourth-order valence-corrected chi connectivity index (χ4v) is 2.65. The molecule has 110 valence electrons. The molecule has 0 bridgehead atoms. The molecule has 1 fully saturated rings. The van der Waals surface area contributed by atoms with Crippen LogP contribution in [0.25, 0.3) is 0 Å². The Morgan fingerprint density at radius 1 is 1.35 bits per heavy atom. The van der Waals surface area contributed by atoms with Gasteiger partial charge in [-0.25, -0.2) is 4.79 Å². The van der Waals surface area contributed by atoms with E-state index in [1.807, 2.05) is 12.1 Å². The van der Waals surface area contributed by atoms with Gasteiger partial charge in [-0.15, -0.1) is 0 Å². The molecule has 0 spiro atoms. The third-order valence-corrected chi connectivity index (χ3v) is 3.86. The number of likely N-dealkylation sites (N-methyl/N-ethyl adjacent to an activating group) is 1. The number of benzene rings is 1. The average molecular weight is 278 g/mol. The van der Waals surface area contributed by atoms with Crippen LogP contribution in [0.15, 0.2) is 24.3 Å². The van der Waals surface area contributed by atoms with Crippen LogP contribution in [0.3, 0.4) is 0 Å². The van der Waals surface area contributed by atoms with Gasteiger partial charge in [-0.1, -0.05) is 25.0 Å². The third kappa shape index (κ3) is 3.22. The number of aliphatic hydroxyl groups excluding tert-OH is 1. The molecule has 1 aliphatic rings. The molecule has 1 aromatic carbocycles. The summed E-state index contributed by atoms with van der Waals surface area (Å²) in [5.74, 6) is 0.624. The normalized spacial score (nSPS) is 22.1. The van der Waals surface area contributed by atoms with E-state index in [0.29, 0.717) is 11.4 Å². The molecule has 5 heteroatoms. The highest BCUT2D eigenvalue weighted by molar-refractivity contribution is 5.91. The van der Waals surface area contributed by atoms with Crippen LogP contribution in [0.4, 0.5) is 10.5 Å². The summed E-state index contributed by atoms with van der Waals surface area (Å²) in [7, 11) is 3.30. The van der Waals surface area contributed by atoms with Crippen LogP contribution in [0, 0.1) is 0 Å². The number of amides is 2. The Bertz CT molecular complexity index is 464. The number of nitrogens with one attached hydrogen (secondary N) is 1. The van der Waals surface area contributed by atoms with Crippen molar-refractivity contribution < 1.29 is 14.6 Å². The monoisotopic (exact) mass is 278 g/mol. The highest BCUT2D eigenvalue weighted by Crippen LogP contribution is 2.26. The number of nitrogens with zero attached hydrogens (tertiary/aromatic N) is 1. The zero-order valence-corrected chi connectivity index (χ0v) is 12.0. The summed E-state index contributed by atoms with van der Waals surface area (Å²) in [6.07, 6.45) is 3.25. The molecule has 0 aromatic heterocycles. The van der Waals surface area contributed by atoms with Gasteiger partial charge < -0.3 is 20.1 Å². The lowest BCUT2D eigenvalue weighted by molar-refractivity contribution is 0.0494. The maximum atomic E-state index is 12.3. The molecule has 1 aromatic rings. The maximum absolute atomic E-state index is 12.3. The van der Waals surface area contributed by atoms with Crippen molar-refractivity contribution >= 4 is 11.7 Å². The van der Waals surface area contributed by atoms with Gasteiger partial charge >= 0.3 is 6.03 Å². The lowest BCUT2D eigenvalue weighted by Gasteiger charge is -2.35. The van der Waals surface area contributed by atoms with Crippen molar-refractivity contribution in [1.29, 1.82) is 0 Å². The van der Waals surface area contributed by atoms with Crippen LogP contribution in [0.5, 0.6) is 5.75 Å². The molecule has 0 aliphatic heterocycles. The van der Waals surface area contributed by atoms with Gasteiger partial charge in [-0.2, -0.15) is 0 Å². The highest BCUT2D eigenvalue weighted by Gasteiger charge is 2.29. The number of methoxy groups -OCH3 is 1. The first-order valence-electron chi connectivity index (χ1n) is 6.98. The summed E-state index contributed by atoms with van der Waals surface area (Å²) in [6, 6.07) is 6.95. The molecule has 2 unspecified atom stereocenters. The van der Waals surface area contributed by atoms with Crippen LogP contribution in [-0.2, 0) is 0 Å². The second kappa shape index (κ2) is 6.61. The molecule has 2 rings (SSSR count). The van der Waals surface area contributed by atoms with Crippen LogP contribution in [0.1, 0.15) is 25.7 Å². The standard InChI is InChI=1S/C15H22N2O3/c1-17(12-8-4-5-9-13(12)18)15(19)16-11-7-3-6-10-14(11)20-2/h3,6-7,10,12-13,18H,4-5,8-9H2,1-2H3,(H,16,19). The smallest absolute Gasteiger partial charge is 0.322 e. The number of anilines is 1. The lowest BCUT2D eigenvalue weighted by atomic mass is 9.92. The molecule has 2 atom stereocenters. The van der Waals surface area contributed by atoms with Crippen molar-refractivity contribution in [2.75, 3.05) is 19.5 Å². The molecule has 2 N–H and O–H groups in total. The number of carbonyl (C=O) groups is 1. The summed E-state index contributed by atoms with van der Waals surface area (Å²) in [5.41, 5.74) is 0.636. The van der Waals surface area contributed by atoms with Crippen molar-refractivity contribution in [2.45, 2.75) is 37.8 Å². The van der Waals surface area contributed by atoms with E-state index >= 15 is 0 Å². The molecule has 5 nitrogen and oxygen atoms in total. The minimum absolute atomic E-state index is 0.113. The fraction of sp³-hybridized carbons (Fsp3) is 0.533. The third-order valence-electron chi connectivity index (χ3n) is 3.86. The van der Waals surface area contributed by atoms with E-state index in [4.69, 9.17) is 4.74 Å². The van der Waals surface area contributed by atoms with Gasteiger partial charge in [0.15, 0.2) is 0 Å².